The van der Waals surface area contributed by atoms with Crippen molar-refractivity contribution in [2.45, 2.75) is 19.5 Å². The Hall–Kier alpha value is -2.55. The largest absolute Gasteiger partial charge is 0.345 e. The summed E-state index contributed by atoms with van der Waals surface area (Å²) in [5.74, 6) is 0. The normalized spacial score (nSPS) is 14.3. The van der Waals surface area contributed by atoms with Crippen LogP contribution in [0.1, 0.15) is 16.8 Å². The van der Waals surface area contributed by atoms with Gasteiger partial charge in [0.15, 0.2) is 6.29 Å². The molecule has 0 atom stereocenters. The summed E-state index contributed by atoms with van der Waals surface area (Å²) in [6.45, 7) is 2.00. The molecule has 3 heteroatoms. The molecule has 0 fully saturated rings. The molecule has 0 bridgehead atoms. The Kier molecular flexibility index (Phi) is 1.99. The third kappa shape index (κ3) is 1.26. The lowest BCUT2D eigenvalue weighted by Crippen LogP contribution is -1.98. The van der Waals surface area contributed by atoms with E-state index < -0.39 is 0 Å². The molecule has 4 aromatic rings. The summed E-state index contributed by atoms with van der Waals surface area (Å²) in [5.41, 5.74) is 4.58. The molecule has 21 heavy (non-hydrogen) atoms. The summed E-state index contributed by atoms with van der Waals surface area (Å²) in [4.78, 5) is 11.3. The second kappa shape index (κ2) is 3.76. The lowest BCUT2D eigenvalue weighted by Gasteiger charge is -2.03. The number of carbonyl (C=O) groups excluding carboxylic acids is 1. The molecule has 1 aliphatic heterocycles. The van der Waals surface area contributed by atoms with Gasteiger partial charge < -0.3 is 9.13 Å². The van der Waals surface area contributed by atoms with Crippen LogP contribution < -0.4 is 0 Å². The fourth-order valence-electron chi connectivity index (χ4n) is 3.85. The van der Waals surface area contributed by atoms with Crippen molar-refractivity contribution in [1.82, 2.24) is 9.13 Å². The van der Waals surface area contributed by atoms with Crippen LogP contribution in [0.2, 0.25) is 0 Å². The van der Waals surface area contributed by atoms with Gasteiger partial charge >= 0.3 is 0 Å². The topological polar surface area (TPSA) is 26.9 Å². The number of para-hydroxylation sites is 1. The fourth-order valence-corrected chi connectivity index (χ4v) is 3.85. The second-order valence-corrected chi connectivity index (χ2v) is 5.78. The van der Waals surface area contributed by atoms with E-state index in [1.807, 2.05) is 6.20 Å². The molecule has 0 spiro atoms. The number of aldehydes is 1. The van der Waals surface area contributed by atoms with Gasteiger partial charge in [-0.1, -0.05) is 30.3 Å². The molecule has 0 saturated heterocycles. The Balaban J connectivity index is 2.14. The number of nitrogens with zero attached hydrogens (tertiary/aromatic N) is 2. The van der Waals surface area contributed by atoms with Crippen molar-refractivity contribution in [2.24, 2.45) is 0 Å². The molecular formula is C18H14N2O. The maximum absolute atomic E-state index is 11.3. The Labute approximate surface area is 121 Å². The van der Waals surface area contributed by atoms with E-state index in [4.69, 9.17) is 0 Å². The summed E-state index contributed by atoms with van der Waals surface area (Å²) >= 11 is 0. The van der Waals surface area contributed by atoms with E-state index in [2.05, 4.69) is 45.5 Å². The van der Waals surface area contributed by atoms with Crippen LogP contribution in [0.3, 0.4) is 0 Å². The van der Waals surface area contributed by atoms with Crippen molar-refractivity contribution in [1.29, 1.82) is 0 Å². The van der Waals surface area contributed by atoms with Gasteiger partial charge in [-0.25, -0.2) is 0 Å². The summed E-state index contributed by atoms with van der Waals surface area (Å²) in [6, 6.07) is 12.8. The molecule has 3 nitrogen and oxygen atoms in total. The molecule has 0 radical (unpaired) electrons. The van der Waals surface area contributed by atoms with E-state index in [0.29, 0.717) is 0 Å². The van der Waals surface area contributed by atoms with Gasteiger partial charge in [-0.15, -0.1) is 0 Å². The molecule has 0 unspecified atom stereocenters. The third-order valence-electron chi connectivity index (χ3n) is 4.71. The van der Waals surface area contributed by atoms with Crippen LogP contribution in [0.5, 0.6) is 0 Å². The van der Waals surface area contributed by atoms with Gasteiger partial charge in [0.2, 0.25) is 0 Å². The van der Waals surface area contributed by atoms with Crippen LogP contribution >= 0.6 is 0 Å². The number of carbonyl (C=O) groups is 1. The van der Waals surface area contributed by atoms with Gasteiger partial charge in [0.1, 0.15) is 0 Å². The summed E-state index contributed by atoms with van der Waals surface area (Å²) < 4.78 is 4.68. The molecule has 0 N–H and O–H groups in total. The SMILES string of the molecule is O=Cc1cn2c3c1ccc1c4ccccc4n(c13)CCC2. The Bertz CT molecular complexity index is 1040. The predicted octanol–water partition coefficient (Wildman–Crippen LogP) is 3.97. The fraction of sp³-hybridized carbons (Fsp3) is 0.167. The molecule has 3 heterocycles. The number of fused-ring (bicyclic) bond motifs is 3. The van der Waals surface area contributed by atoms with Crippen LogP contribution in [0, 0.1) is 0 Å². The van der Waals surface area contributed by atoms with Crippen molar-refractivity contribution < 1.29 is 4.79 Å². The Morgan fingerprint density at radius 3 is 2.67 bits per heavy atom. The molecule has 0 amide bonds. The average Bonchev–Trinajstić information content (AvgIpc) is 2.97. The molecule has 0 saturated carbocycles. The number of rotatable bonds is 1. The minimum absolute atomic E-state index is 0.797. The Morgan fingerprint density at radius 1 is 0.905 bits per heavy atom. The first kappa shape index (κ1) is 11.1. The maximum Gasteiger partial charge on any atom is 0.152 e. The molecule has 2 aromatic carbocycles. The average molecular weight is 274 g/mol. The molecule has 0 aliphatic carbocycles. The van der Waals surface area contributed by atoms with E-state index in [1.54, 1.807) is 0 Å². The van der Waals surface area contributed by atoms with Gasteiger partial charge in [-0.2, -0.15) is 0 Å². The smallest absolute Gasteiger partial charge is 0.152 e. The summed E-state index contributed by atoms with van der Waals surface area (Å²) in [5, 5.41) is 3.66. The minimum atomic E-state index is 0.797. The van der Waals surface area contributed by atoms with Crippen LogP contribution in [0.25, 0.3) is 32.7 Å². The number of hydrogen-bond donors (Lipinski definition) is 0. The van der Waals surface area contributed by atoms with Crippen molar-refractivity contribution in [3.63, 3.8) is 0 Å². The molecule has 2 aromatic heterocycles. The van der Waals surface area contributed by atoms with Crippen LogP contribution in [-0.2, 0) is 13.1 Å². The third-order valence-corrected chi connectivity index (χ3v) is 4.71. The highest BCUT2D eigenvalue weighted by Crippen LogP contribution is 2.37. The summed E-state index contributed by atoms with van der Waals surface area (Å²) in [7, 11) is 0. The number of benzene rings is 2. The first-order valence-corrected chi connectivity index (χ1v) is 7.36. The maximum atomic E-state index is 11.3. The molecule has 102 valence electrons. The van der Waals surface area contributed by atoms with Crippen LogP contribution in [-0.4, -0.2) is 15.4 Å². The first-order valence-electron chi connectivity index (χ1n) is 7.36. The second-order valence-electron chi connectivity index (χ2n) is 5.78. The number of aryl methyl sites for hydroxylation is 2. The van der Waals surface area contributed by atoms with Gasteiger partial charge in [0.25, 0.3) is 0 Å². The first-order chi connectivity index (χ1) is 10.4. The van der Waals surface area contributed by atoms with Gasteiger partial charge in [0.05, 0.1) is 11.0 Å². The highest BCUT2D eigenvalue weighted by molar-refractivity contribution is 6.19. The van der Waals surface area contributed by atoms with E-state index in [1.165, 1.54) is 27.3 Å². The number of aromatic nitrogens is 2. The monoisotopic (exact) mass is 274 g/mol. The molecule has 5 rings (SSSR count). The number of hydrogen-bond acceptors (Lipinski definition) is 1. The van der Waals surface area contributed by atoms with E-state index >= 15 is 0 Å². The van der Waals surface area contributed by atoms with Crippen molar-refractivity contribution in [3.8, 4) is 0 Å². The summed E-state index contributed by atoms with van der Waals surface area (Å²) in [6.07, 6.45) is 4.06. The van der Waals surface area contributed by atoms with E-state index in [-0.39, 0.29) is 0 Å². The lowest BCUT2D eigenvalue weighted by molar-refractivity contribution is 0.112. The van der Waals surface area contributed by atoms with Gasteiger partial charge in [0, 0.05) is 46.5 Å². The minimum Gasteiger partial charge on any atom is -0.345 e. The van der Waals surface area contributed by atoms with Crippen LogP contribution in [0.4, 0.5) is 0 Å². The standard InChI is InChI=1S/C18H14N2O/c21-11-12-10-19-8-3-9-20-16-5-2-1-4-14(16)15-7-6-13(12)17(19)18(15)20/h1-2,4-7,10-11H,3,8-9H2. The highest BCUT2D eigenvalue weighted by atomic mass is 16.1. The zero-order chi connectivity index (χ0) is 14.0. The van der Waals surface area contributed by atoms with Crippen molar-refractivity contribution in [2.75, 3.05) is 0 Å². The van der Waals surface area contributed by atoms with E-state index in [9.17, 15) is 4.79 Å². The van der Waals surface area contributed by atoms with Gasteiger partial charge in [-0.05, 0) is 12.5 Å². The highest BCUT2D eigenvalue weighted by Gasteiger charge is 2.19. The van der Waals surface area contributed by atoms with Crippen molar-refractivity contribution >= 4 is 39.0 Å². The lowest BCUT2D eigenvalue weighted by atomic mass is 10.1. The van der Waals surface area contributed by atoms with Crippen LogP contribution in [0.15, 0.2) is 42.6 Å². The zero-order valence-corrected chi connectivity index (χ0v) is 11.5. The Morgan fingerprint density at radius 2 is 1.76 bits per heavy atom. The quantitative estimate of drug-likeness (QED) is 0.482. The predicted molar refractivity (Wildman–Crippen MR) is 84.9 cm³/mol. The van der Waals surface area contributed by atoms with Crippen molar-refractivity contribution in [3.05, 3.63) is 48.2 Å². The van der Waals surface area contributed by atoms with Gasteiger partial charge in [-0.3, -0.25) is 4.79 Å². The van der Waals surface area contributed by atoms with E-state index in [0.717, 1.165) is 36.7 Å². The molecular weight excluding hydrogens is 260 g/mol. The molecule has 1 aliphatic rings. The zero-order valence-electron chi connectivity index (χ0n) is 11.5.